The molecule has 0 fully saturated rings. The zero-order valence-corrected chi connectivity index (χ0v) is 16.6. The van der Waals surface area contributed by atoms with Crippen LogP contribution in [0.15, 0.2) is 60.7 Å². The van der Waals surface area contributed by atoms with E-state index in [1.165, 1.54) is 26.8 Å². The number of benzene rings is 3. The van der Waals surface area contributed by atoms with Gasteiger partial charge in [0.25, 0.3) is 0 Å². The molecule has 0 saturated carbocycles. The summed E-state index contributed by atoms with van der Waals surface area (Å²) in [5.41, 5.74) is 5.61. The number of aryl methyl sites for hydroxylation is 1. The number of carbonyl (C=O) groups excluding carboxylic acids is 1. The molecule has 1 atom stereocenters. The molecule has 2 aliphatic rings. The predicted molar refractivity (Wildman–Crippen MR) is 116 cm³/mol. The highest BCUT2D eigenvalue weighted by molar-refractivity contribution is 6.21. The second-order valence-corrected chi connectivity index (χ2v) is 8.04. The van der Waals surface area contributed by atoms with E-state index >= 15 is 0 Å². The van der Waals surface area contributed by atoms with E-state index in [0.717, 1.165) is 28.3 Å². The van der Waals surface area contributed by atoms with Crippen LogP contribution in [0.4, 0.5) is 0 Å². The average molecular weight is 380 g/mol. The normalized spacial score (nSPS) is 17.2. The molecule has 0 aliphatic heterocycles. The van der Waals surface area contributed by atoms with Crippen LogP contribution >= 0.6 is 0 Å². The molecular formula is C27H24O2. The lowest BCUT2D eigenvalue weighted by Crippen LogP contribution is -2.29. The molecule has 0 radical (unpaired) electrons. The molecule has 0 heterocycles. The van der Waals surface area contributed by atoms with Crippen molar-refractivity contribution in [1.82, 2.24) is 0 Å². The minimum Gasteiger partial charge on any atom is -0.396 e. The highest BCUT2D eigenvalue weighted by Crippen LogP contribution is 2.31. The number of carbonyl (C=O) groups is 1. The van der Waals surface area contributed by atoms with Crippen molar-refractivity contribution < 1.29 is 9.90 Å². The van der Waals surface area contributed by atoms with E-state index in [1.807, 2.05) is 12.1 Å². The van der Waals surface area contributed by atoms with Gasteiger partial charge in [-0.05, 0) is 62.9 Å². The number of hydrogen-bond acceptors (Lipinski definition) is 2. The number of aliphatic hydroxyl groups excluding tert-OH is 1. The first kappa shape index (κ1) is 18.1. The van der Waals surface area contributed by atoms with E-state index in [9.17, 15) is 9.90 Å². The second-order valence-electron chi connectivity index (χ2n) is 8.04. The van der Waals surface area contributed by atoms with Crippen LogP contribution in [0.2, 0.25) is 0 Å². The SMILES string of the molecule is Cc1ccccc1C1=c2ccc3c(c2CCC1=O)C(CCO)C=c1ccccc1=3. The van der Waals surface area contributed by atoms with Crippen LogP contribution in [-0.2, 0) is 11.2 Å². The minimum atomic E-state index is 0.153. The van der Waals surface area contributed by atoms with Crippen LogP contribution < -0.4 is 10.4 Å². The number of hydrogen-bond donors (Lipinski definition) is 1. The van der Waals surface area contributed by atoms with E-state index < -0.39 is 0 Å². The molecular weight excluding hydrogens is 356 g/mol. The summed E-state index contributed by atoms with van der Waals surface area (Å²) in [4.78, 5) is 13.0. The number of ketones is 1. The van der Waals surface area contributed by atoms with Crippen LogP contribution in [0.3, 0.4) is 0 Å². The van der Waals surface area contributed by atoms with Gasteiger partial charge in [0.2, 0.25) is 0 Å². The van der Waals surface area contributed by atoms with Gasteiger partial charge in [0.15, 0.2) is 5.78 Å². The Bertz CT molecular complexity index is 1350. The number of aliphatic hydroxyl groups is 1. The monoisotopic (exact) mass is 380 g/mol. The third-order valence-corrected chi connectivity index (χ3v) is 6.36. The Balaban J connectivity index is 1.94. The maximum atomic E-state index is 13.0. The highest BCUT2D eigenvalue weighted by atomic mass is 16.3. The third kappa shape index (κ3) is 2.87. The van der Waals surface area contributed by atoms with Crippen molar-refractivity contribution in [3.05, 3.63) is 104 Å². The fraction of sp³-hybridized carbons (Fsp3) is 0.222. The smallest absolute Gasteiger partial charge is 0.164 e. The van der Waals surface area contributed by atoms with Crippen LogP contribution in [0.5, 0.6) is 0 Å². The second kappa shape index (κ2) is 7.13. The topological polar surface area (TPSA) is 37.3 Å². The van der Waals surface area contributed by atoms with Crippen molar-refractivity contribution in [2.45, 2.75) is 32.1 Å². The molecule has 5 rings (SSSR count). The maximum Gasteiger partial charge on any atom is 0.164 e. The molecule has 0 bridgehead atoms. The van der Waals surface area contributed by atoms with Gasteiger partial charge in [-0.3, -0.25) is 4.79 Å². The minimum absolute atomic E-state index is 0.153. The van der Waals surface area contributed by atoms with E-state index in [0.29, 0.717) is 12.8 Å². The Kier molecular flexibility index (Phi) is 4.44. The van der Waals surface area contributed by atoms with Gasteiger partial charge >= 0.3 is 0 Å². The van der Waals surface area contributed by atoms with Crippen molar-refractivity contribution in [2.24, 2.45) is 0 Å². The summed E-state index contributed by atoms with van der Waals surface area (Å²) in [5, 5.41) is 14.5. The Morgan fingerprint density at radius 1 is 0.897 bits per heavy atom. The predicted octanol–water partition coefficient (Wildman–Crippen LogP) is 3.26. The quantitative estimate of drug-likeness (QED) is 0.757. The van der Waals surface area contributed by atoms with Gasteiger partial charge in [0.05, 0.1) is 0 Å². The van der Waals surface area contributed by atoms with Crippen molar-refractivity contribution >= 4 is 17.4 Å². The van der Waals surface area contributed by atoms with Crippen LogP contribution in [0.25, 0.3) is 11.6 Å². The van der Waals surface area contributed by atoms with E-state index in [4.69, 9.17) is 0 Å². The van der Waals surface area contributed by atoms with Gasteiger partial charge in [-0.25, -0.2) is 0 Å². The molecule has 144 valence electrons. The first-order valence-corrected chi connectivity index (χ1v) is 10.4. The lowest BCUT2D eigenvalue weighted by atomic mass is 9.78. The summed E-state index contributed by atoms with van der Waals surface area (Å²) in [6, 6.07) is 20.9. The molecule has 0 aromatic heterocycles. The first-order valence-electron chi connectivity index (χ1n) is 10.4. The zero-order valence-electron chi connectivity index (χ0n) is 16.6. The van der Waals surface area contributed by atoms with Crippen molar-refractivity contribution in [1.29, 1.82) is 0 Å². The lowest BCUT2D eigenvalue weighted by Gasteiger charge is -2.25. The molecule has 3 aromatic carbocycles. The van der Waals surface area contributed by atoms with Crippen molar-refractivity contribution in [3.8, 4) is 0 Å². The number of Topliss-reactive ketones (excluding diaryl/α,β-unsaturated/α-hetero) is 1. The third-order valence-electron chi connectivity index (χ3n) is 6.36. The van der Waals surface area contributed by atoms with Crippen LogP contribution in [-0.4, -0.2) is 17.5 Å². The average Bonchev–Trinajstić information content (AvgIpc) is 2.74. The van der Waals surface area contributed by atoms with Gasteiger partial charge in [0, 0.05) is 24.5 Å². The molecule has 0 amide bonds. The molecule has 29 heavy (non-hydrogen) atoms. The first-order chi connectivity index (χ1) is 14.2. The molecule has 2 aliphatic carbocycles. The fourth-order valence-corrected chi connectivity index (χ4v) is 5.04. The van der Waals surface area contributed by atoms with Gasteiger partial charge in [0.1, 0.15) is 0 Å². The molecule has 0 saturated heterocycles. The Hall–Kier alpha value is -2.97. The van der Waals surface area contributed by atoms with Crippen LogP contribution in [0, 0.1) is 17.4 Å². The van der Waals surface area contributed by atoms with Gasteiger partial charge in [-0.2, -0.15) is 0 Å². The molecule has 2 nitrogen and oxygen atoms in total. The van der Waals surface area contributed by atoms with Gasteiger partial charge in [-0.1, -0.05) is 66.7 Å². The van der Waals surface area contributed by atoms with Crippen LogP contribution in [0.1, 0.15) is 41.0 Å². The van der Waals surface area contributed by atoms with E-state index in [1.54, 1.807) is 0 Å². The molecule has 0 spiro atoms. The van der Waals surface area contributed by atoms with Gasteiger partial charge in [-0.15, -0.1) is 0 Å². The lowest BCUT2D eigenvalue weighted by molar-refractivity contribution is -0.113. The summed E-state index contributed by atoms with van der Waals surface area (Å²) in [5.74, 6) is 0.400. The molecule has 1 N–H and O–H groups in total. The summed E-state index contributed by atoms with van der Waals surface area (Å²) in [6.45, 7) is 2.22. The summed E-state index contributed by atoms with van der Waals surface area (Å²) < 4.78 is 0. The summed E-state index contributed by atoms with van der Waals surface area (Å²) >= 11 is 0. The fourth-order valence-electron chi connectivity index (χ4n) is 5.04. The Morgan fingerprint density at radius 3 is 2.48 bits per heavy atom. The Labute approximate surface area is 170 Å². The standard InChI is InChI=1S/C27H24O2/c1-17-6-2-4-8-20(17)27-24-11-10-22-21-9-5-3-7-18(21)16-19(14-15-28)26(22)23(24)12-13-25(27)29/h2-11,16,19,28H,12-15H2,1H3. The maximum absolute atomic E-state index is 13.0. The highest BCUT2D eigenvalue weighted by Gasteiger charge is 2.26. The van der Waals surface area contributed by atoms with Crippen molar-refractivity contribution in [2.75, 3.05) is 6.61 Å². The number of rotatable bonds is 3. The largest absolute Gasteiger partial charge is 0.396 e. The van der Waals surface area contributed by atoms with E-state index in [-0.39, 0.29) is 18.3 Å². The molecule has 3 aromatic rings. The van der Waals surface area contributed by atoms with E-state index in [2.05, 4.69) is 61.5 Å². The van der Waals surface area contributed by atoms with Crippen molar-refractivity contribution in [3.63, 3.8) is 0 Å². The van der Waals surface area contributed by atoms with Gasteiger partial charge < -0.3 is 5.11 Å². The summed E-state index contributed by atoms with van der Waals surface area (Å²) in [7, 11) is 0. The summed E-state index contributed by atoms with van der Waals surface area (Å²) in [6.07, 6.45) is 4.30. The zero-order chi connectivity index (χ0) is 20.0. The Morgan fingerprint density at radius 2 is 1.66 bits per heavy atom. The number of fused-ring (bicyclic) bond motifs is 4. The molecule has 1 unspecified atom stereocenters. The molecule has 2 heteroatoms.